The summed E-state index contributed by atoms with van der Waals surface area (Å²) < 4.78 is 8.22. The molecule has 144 valence electrons. The highest BCUT2D eigenvalue weighted by Crippen LogP contribution is 2.52. The quantitative estimate of drug-likeness (QED) is 0.666. The van der Waals surface area contributed by atoms with Gasteiger partial charge in [-0.15, -0.1) is 0 Å². The summed E-state index contributed by atoms with van der Waals surface area (Å²) in [6, 6.07) is 0.901. The van der Waals surface area contributed by atoms with Gasteiger partial charge in [0.15, 0.2) is 5.96 Å². The SMILES string of the molecule is CCN=C(NC1C2CCOC2C1(C)C)N1CCC(C)C(n2ccnc2)C1. The number of aromatic nitrogens is 2. The van der Waals surface area contributed by atoms with Gasteiger partial charge in [0.25, 0.3) is 0 Å². The van der Waals surface area contributed by atoms with E-state index >= 15 is 0 Å². The number of nitrogens with zero attached hydrogens (tertiary/aromatic N) is 4. The van der Waals surface area contributed by atoms with Gasteiger partial charge in [-0.3, -0.25) is 4.99 Å². The van der Waals surface area contributed by atoms with Crippen molar-refractivity contribution in [1.29, 1.82) is 0 Å². The van der Waals surface area contributed by atoms with Crippen LogP contribution in [0.15, 0.2) is 23.7 Å². The maximum absolute atomic E-state index is 5.96. The van der Waals surface area contributed by atoms with E-state index in [4.69, 9.17) is 9.73 Å². The van der Waals surface area contributed by atoms with E-state index in [1.54, 1.807) is 0 Å². The topological polar surface area (TPSA) is 54.7 Å². The zero-order valence-electron chi connectivity index (χ0n) is 16.6. The molecule has 6 nitrogen and oxygen atoms in total. The molecule has 0 bridgehead atoms. The lowest BCUT2D eigenvalue weighted by Gasteiger charge is -2.55. The number of rotatable bonds is 3. The second-order valence-corrected chi connectivity index (χ2v) is 8.77. The fourth-order valence-electron chi connectivity index (χ4n) is 5.24. The molecule has 3 fully saturated rings. The monoisotopic (exact) mass is 359 g/mol. The average Bonchev–Trinajstić information content (AvgIpc) is 3.29. The van der Waals surface area contributed by atoms with E-state index in [9.17, 15) is 0 Å². The maximum atomic E-state index is 5.96. The Hall–Kier alpha value is -1.56. The van der Waals surface area contributed by atoms with Crippen LogP contribution in [-0.2, 0) is 4.74 Å². The number of fused-ring (bicyclic) bond motifs is 1. The average molecular weight is 360 g/mol. The Balaban J connectivity index is 1.49. The molecule has 0 spiro atoms. The van der Waals surface area contributed by atoms with Crippen molar-refractivity contribution in [2.45, 2.75) is 58.7 Å². The Morgan fingerprint density at radius 2 is 2.23 bits per heavy atom. The summed E-state index contributed by atoms with van der Waals surface area (Å²) in [6.07, 6.45) is 8.66. The zero-order valence-corrected chi connectivity index (χ0v) is 16.6. The van der Waals surface area contributed by atoms with Crippen molar-refractivity contribution in [3.63, 3.8) is 0 Å². The summed E-state index contributed by atoms with van der Waals surface area (Å²) >= 11 is 0. The van der Waals surface area contributed by atoms with Gasteiger partial charge in [0.2, 0.25) is 0 Å². The second kappa shape index (κ2) is 6.87. The van der Waals surface area contributed by atoms with Crippen LogP contribution in [0, 0.1) is 17.3 Å². The van der Waals surface area contributed by atoms with E-state index in [1.807, 2.05) is 12.5 Å². The van der Waals surface area contributed by atoms with Gasteiger partial charge in [-0.2, -0.15) is 0 Å². The highest BCUT2D eigenvalue weighted by molar-refractivity contribution is 5.80. The first-order valence-corrected chi connectivity index (χ1v) is 10.2. The summed E-state index contributed by atoms with van der Waals surface area (Å²) in [5.74, 6) is 2.35. The molecular weight excluding hydrogens is 326 g/mol. The zero-order chi connectivity index (χ0) is 18.3. The van der Waals surface area contributed by atoms with E-state index in [2.05, 4.69) is 53.7 Å². The Morgan fingerprint density at radius 1 is 1.38 bits per heavy atom. The molecule has 1 N–H and O–H groups in total. The van der Waals surface area contributed by atoms with E-state index in [1.165, 1.54) is 12.8 Å². The number of nitrogens with one attached hydrogen (secondary N) is 1. The van der Waals surface area contributed by atoms with Crippen LogP contribution >= 0.6 is 0 Å². The van der Waals surface area contributed by atoms with Crippen molar-refractivity contribution < 1.29 is 4.74 Å². The smallest absolute Gasteiger partial charge is 0.194 e. The van der Waals surface area contributed by atoms with Gasteiger partial charge < -0.3 is 19.5 Å². The van der Waals surface area contributed by atoms with Crippen molar-refractivity contribution >= 4 is 5.96 Å². The summed E-state index contributed by atoms with van der Waals surface area (Å²) in [5.41, 5.74) is 0.169. The van der Waals surface area contributed by atoms with Crippen LogP contribution in [0.3, 0.4) is 0 Å². The number of imidazole rings is 1. The first kappa shape index (κ1) is 17.8. The highest BCUT2D eigenvalue weighted by Gasteiger charge is 2.59. The van der Waals surface area contributed by atoms with Gasteiger partial charge in [0, 0.05) is 56.0 Å². The van der Waals surface area contributed by atoms with Crippen LogP contribution < -0.4 is 5.32 Å². The molecule has 1 aromatic rings. The number of guanidine groups is 1. The minimum absolute atomic E-state index is 0.169. The van der Waals surface area contributed by atoms with Crippen molar-refractivity contribution in [2.24, 2.45) is 22.2 Å². The predicted molar refractivity (Wildman–Crippen MR) is 103 cm³/mol. The van der Waals surface area contributed by atoms with Gasteiger partial charge in [0.05, 0.1) is 18.5 Å². The highest BCUT2D eigenvalue weighted by atomic mass is 16.5. The van der Waals surface area contributed by atoms with Crippen LogP contribution in [0.25, 0.3) is 0 Å². The number of piperidine rings is 1. The molecule has 0 radical (unpaired) electrons. The molecule has 5 atom stereocenters. The van der Waals surface area contributed by atoms with Crippen LogP contribution in [0.5, 0.6) is 0 Å². The Labute approximate surface area is 157 Å². The van der Waals surface area contributed by atoms with Gasteiger partial charge >= 0.3 is 0 Å². The van der Waals surface area contributed by atoms with Crippen molar-refractivity contribution in [3.05, 3.63) is 18.7 Å². The van der Waals surface area contributed by atoms with Crippen LogP contribution in [-0.4, -0.2) is 58.8 Å². The number of hydrogen-bond donors (Lipinski definition) is 1. The Morgan fingerprint density at radius 3 is 2.96 bits per heavy atom. The fraction of sp³-hybridized carbons (Fsp3) is 0.800. The van der Waals surface area contributed by atoms with E-state index < -0.39 is 0 Å². The Kier molecular flexibility index (Phi) is 4.71. The molecule has 3 heterocycles. The number of likely N-dealkylation sites (tertiary alicyclic amines) is 1. The van der Waals surface area contributed by atoms with Crippen molar-refractivity contribution in [2.75, 3.05) is 26.2 Å². The molecule has 3 aliphatic rings. The second-order valence-electron chi connectivity index (χ2n) is 8.77. The molecule has 6 heteroatoms. The molecule has 0 amide bonds. The standard InChI is InChI=1S/C20H33N5O/c1-5-22-19(23-17-15-7-11-26-18(15)20(17,3)4)24-9-6-14(2)16(12-24)25-10-8-21-13-25/h8,10,13-18H,5-7,9,11-12H2,1-4H3,(H,22,23). The van der Waals surface area contributed by atoms with Crippen LogP contribution in [0.4, 0.5) is 0 Å². The molecule has 26 heavy (non-hydrogen) atoms. The lowest BCUT2D eigenvalue weighted by molar-refractivity contribution is -0.107. The third-order valence-corrected chi connectivity index (χ3v) is 6.82. The van der Waals surface area contributed by atoms with Crippen molar-refractivity contribution in [1.82, 2.24) is 19.8 Å². The summed E-state index contributed by atoms with van der Waals surface area (Å²) in [4.78, 5) is 11.6. The first-order valence-electron chi connectivity index (χ1n) is 10.2. The van der Waals surface area contributed by atoms with Crippen molar-refractivity contribution in [3.8, 4) is 0 Å². The minimum Gasteiger partial charge on any atom is -0.377 e. The molecule has 1 aromatic heterocycles. The molecule has 4 rings (SSSR count). The van der Waals surface area contributed by atoms with Gasteiger partial charge in [-0.25, -0.2) is 4.98 Å². The minimum atomic E-state index is 0.169. The molecule has 2 saturated heterocycles. The van der Waals surface area contributed by atoms with Gasteiger partial charge in [-0.05, 0) is 25.7 Å². The lowest BCUT2D eigenvalue weighted by Crippen LogP contribution is -2.68. The fourth-order valence-corrected chi connectivity index (χ4v) is 5.24. The third kappa shape index (κ3) is 2.92. The lowest BCUT2D eigenvalue weighted by atomic mass is 9.57. The number of aliphatic imine (C=N–C) groups is 1. The van der Waals surface area contributed by atoms with Gasteiger partial charge in [0.1, 0.15) is 0 Å². The molecule has 0 aromatic carbocycles. The van der Waals surface area contributed by atoms with Crippen LogP contribution in [0.1, 0.15) is 46.6 Å². The molecule has 5 unspecified atom stereocenters. The normalized spacial score (nSPS) is 36.5. The largest absolute Gasteiger partial charge is 0.377 e. The summed E-state index contributed by atoms with van der Waals surface area (Å²) in [5, 5.41) is 3.84. The molecule has 1 saturated carbocycles. The first-order chi connectivity index (χ1) is 12.5. The van der Waals surface area contributed by atoms with Gasteiger partial charge in [-0.1, -0.05) is 20.8 Å². The Bertz CT molecular complexity index is 641. The van der Waals surface area contributed by atoms with Crippen LogP contribution in [0.2, 0.25) is 0 Å². The number of ether oxygens (including phenoxy) is 1. The van der Waals surface area contributed by atoms with E-state index in [0.29, 0.717) is 30.0 Å². The molecule has 1 aliphatic carbocycles. The predicted octanol–water partition coefficient (Wildman–Crippen LogP) is 2.54. The molecule has 2 aliphatic heterocycles. The van der Waals surface area contributed by atoms with E-state index in [-0.39, 0.29) is 5.41 Å². The summed E-state index contributed by atoms with van der Waals surface area (Å²) in [6.45, 7) is 12.9. The third-order valence-electron chi connectivity index (χ3n) is 6.82. The summed E-state index contributed by atoms with van der Waals surface area (Å²) in [7, 11) is 0. The van der Waals surface area contributed by atoms with E-state index in [0.717, 1.165) is 32.2 Å². The molecular formula is C20H33N5O. The number of hydrogen-bond acceptors (Lipinski definition) is 3. The maximum Gasteiger partial charge on any atom is 0.194 e.